The quantitative estimate of drug-likeness (QED) is 0.884. The van der Waals surface area contributed by atoms with Crippen LogP contribution in [0.3, 0.4) is 0 Å². The predicted molar refractivity (Wildman–Crippen MR) is 90.1 cm³/mol. The van der Waals surface area contributed by atoms with Crippen molar-refractivity contribution in [3.8, 4) is 0 Å². The van der Waals surface area contributed by atoms with Gasteiger partial charge in [-0.15, -0.1) is 0 Å². The summed E-state index contributed by atoms with van der Waals surface area (Å²) in [6.45, 7) is 0.801. The van der Waals surface area contributed by atoms with Crippen molar-refractivity contribution in [1.29, 1.82) is 0 Å². The third kappa shape index (κ3) is 5.00. The van der Waals surface area contributed by atoms with Crippen molar-refractivity contribution in [3.63, 3.8) is 0 Å². The largest absolute Gasteiger partial charge is 0.366 e. The Morgan fingerprint density at radius 2 is 1.83 bits per heavy atom. The molecular formula is C17H18ClN3O2. The summed E-state index contributed by atoms with van der Waals surface area (Å²) in [5.74, 6) is -0.488. The van der Waals surface area contributed by atoms with E-state index in [0.29, 0.717) is 23.7 Å². The van der Waals surface area contributed by atoms with Gasteiger partial charge in [0, 0.05) is 30.7 Å². The number of amides is 3. The van der Waals surface area contributed by atoms with Gasteiger partial charge in [0.25, 0.3) is 0 Å². The molecule has 120 valence electrons. The Labute approximate surface area is 140 Å². The average Bonchev–Trinajstić information content (AvgIpc) is 2.55. The molecule has 0 aliphatic heterocycles. The number of hydrogen-bond donors (Lipinski definition) is 2. The maximum Gasteiger partial charge on any atom is 0.317 e. The van der Waals surface area contributed by atoms with Gasteiger partial charge in [0.15, 0.2) is 0 Å². The zero-order valence-corrected chi connectivity index (χ0v) is 13.5. The molecule has 0 aliphatic carbocycles. The molecular weight excluding hydrogens is 314 g/mol. The molecule has 5 nitrogen and oxygen atoms in total. The molecule has 6 heteroatoms. The van der Waals surface area contributed by atoms with E-state index in [2.05, 4.69) is 5.32 Å². The molecule has 2 aromatic carbocycles. The van der Waals surface area contributed by atoms with Crippen LogP contribution in [-0.2, 0) is 13.1 Å². The maximum absolute atomic E-state index is 12.1. The topological polar surface area (TPSA) is 75.4 Å². The van der Waals surface area contributed by atoms with Crippen LogP contribution in [0.1, 0.15) is 21.5 Å². The van der Waals surface area contributed by atoms with Gasteiger partial charge >= 0.3 is 6.03 Å². The van der Waals surface area contributed by atoms with Gasteiger partial charge in [-0.3, -0.25) is 4.79 Å². The van der Waals surface area contributed by atoms with Crippen LogP contribution in [0.5, 0.6) is 0 Å². The molecule has 2 rings (SSSR count). The monoisotopic (exact) mass is 331 g/mol. The van der Waals surface area contributed by atoms with Gasteiger partial charge in [-0.05, 0) is 35.4 Å². The van der Waals surface area contributed by atoms with Crippen molar-refractivity contribution >= 4 is 23.5 Å². The molecule has 0 aromatic heterocycles. The zero-order valence-electron chi connectivity index (χ0n) is 12.8. The Morgan fingerprint density at radius 3 is 2.48 bits per heavy atom. The second-order valence-corrected chi connectivity index (χ2v) is 5.64. The van der Waals surface area contributed by atoms with E-state index in [1.165, 1.54) is 0 Å². The minimum absolute atomic E-state index is 0.204. The number of primary amides is 1. The number of nitrogens with two attached hydrogens (primary N) is 1. The molecule has 3 amide bonds. The van der Waals surface area contributed by atoms with Gasteiger partial charge in [0.05, 0.1) is 0 Å². The van der Waals surface area contributed by atoms with Crippen LogP contribution in [0, 0.1) is 0 Å². The van der Waals surface area contributed by atoms with Crippen LogP contribution >= 0.6 is 11.6 Å². The van der Waals surface area contributed by atoms with E-state index in [1.807, 2.05) is 18.2 Å². The number of carbonyl (C=O) groups is 2. The Kier molecular flexibility index (Phi) is 5.60. The predicted octanol–water partition coefficient (Wildman–Crippen LogP) is 2.78. The molecule has 0 atom stereocenters. The minimum Gasteiger partial charge on any atom is -0.366 e. The first-order valence-corrected chi connectivity index (χ1v) is 7.45. The fraction of sp³-hybridized carbons (Fsp3) is 0.176. The molecule has 0 aliphatic rings. The second kappa shape index (κ2) is 7.65. The summed E-state index contributed by atoms with van der Waals surface area (Å²) in [7, 11) is 1.71. The molecule has 3 N–H and O–H groups in total. The summed E-state index contributed by atoms with van der Waals surface area (Å²) in [6.07, 6.45) is 0. The number of benzene rings is 2. The van der Waals surface area contributed by atoms with Gasteiger partial charge < -0.3 is 16.0 Å². The van der Waals surface area contributed by atoms with Crippen molar-refractivity contribution < 1.29 is 9.59 Å². The molecule has 0 radical (unpaired) electrons. The first-order chi connectivity index (χ1) is 11.0. The first kappa shape index (κ1) is 16.8. The molecule has 0 heterocycles. The lowest BCUT2D eigenvalue weighted by molar-refractivity contribution is 0.1000. The van der Waals surface area contributed by atoms with E-state index < -0.39 is 5.91 Å². The fourth-order valence-electron chi connectivity index (χ4n) is 2.08. The molecule has 0 saturated heterocycles. The smallest absolute Gasteiger partial charge is 0.317 e. The van der Waals surface area contributed by atoms with Crippen LogP contribution in [0.2, 0.25) is 5.02 Å². The number of hydrogen-bond acceptors (Lipinski definition) is 2. The second-order valence-electron chi connectivity index (χ2n) is 5.21. The fourth-order valence-corrected chi connectivity index (χ4v) is 2.21. The molecule has 0 saturated carbocycles. The van der Waals surface area contributed by atoms with Crippen molar-refractivity contribution in [3.05, 3.63) is 70.2 Å². The lowest BCUT2D eigenvalue weighted by Gasteiger charge is -2.18. The third-order valence-corrected chi connectivity index (χ3v) is 3.59. The lowest BCUT2D eigenvalue weighted by Crippen LogP contribution is -2.36. The summed E-state index contributed by atoms with van der Waals surface area (Å²) in [6, 6.07) is 14.0. The van der Waals surface area contributed by atoms with E-state index >= 15 is 0 Å². The summed E-state index contributed by atoms with van der Waals surface area (Å²) >= 11 is 5.84. The van der Waals surface area contributed by atoms with Gasteiger partial charge in [-0.1, -0.05) is 35.9 Å². The van der Waals surface area contributed by atoms with Crippen LogP contribution in [0.25, 0.3) is 0 Å². The van der Waals surface area contributed by atoms with Crippen molar-refractivity contribution in [2.45, 2.75) is 13.1 Å². The van der Waals surface area contributed by atoms with E-state index in [4.69, 9.17) is 17.3 Å². The minimum atomic E-state index is -0.488. The van der Waals surface area contributed by atoms with E-state index in [0.717, 1.165) is 11.1 Å². The first-order valence-electron chi connectivity index (χ1n) is 7.08. The van der Waals surface area contributed by atoms with E-state index in [9.17, 15) is 9.59 Å². The van der Waals surface area contributed by atoms with Crippen LogP contribution in [-0.4, -0.2) is 23.9 Å². The van der Waals surface area contributed by atoms with Crippen LogP contribution < -0.4 is 11.1 Å². The highest BCUT2D eigenvalue weighted by atomic mass is 35.5. The number of urea groups is 1. The Balaban J connectivity index is 1.90. The highest BCUT2D eigenvalue weighted by Gasteiger charge is 2.09. The highest BCUT2D eigenvalue weighted by molar-refractivity contribution is 6.30. The van der Waals surface area contributed by atoms with Crippen molar-refractivity contribution in [2.75, 3.05) is 7.05 Å². The SMILES string of the molecule is CN(Cc1ccc(Cl)cc1)C(=O)NCc1cccc(C(N)=O)c1. The van der Waals surface area contributed by atoms with Crippen LogP contribution in [0.15, 0.2) is 48.5 Å². The summed E-state index contributed by atoms with van der Waals surface area (Å²) in [4.78, 5) is 24.8. The highest BCUT2D eigenvalue weighted by Crippen LogP contribution is 2.11. The summed E-state index contributed by atoms with van der Waals surface area (Å²) in [5.41, 5.74) is 7.47. The van der Waals surface area contributed by atoms with E-state index in [1.54, 1.807) is 42.3 Å². The molecule has 0 fully saturated rings. The number of halogens is 1. The van der Waals surface area contributed by atoms with Gasteiger partial charge in [0.2, 0.25) is 5.91 Å². The number of carbonyl (C=O) groups excluding carboxylic acids is 2. The molecule has 0 unspecified atom stereocenters. The summed E-state index contributed by atoms with van der Waals surface area (Å²) in [5, 5.41) is 3.47. The zero-order chi connectivity index (χ0) is 16.8. The summed E-state index contributed by atoms with van der Waals surface area (Å²) < 4.78 is 0. The van der Waals surface area contributed by atoms with Crippen LogP contribution in [0.4, 0.5) is 4.79 Å². The number of nitrogens with zero attached hydrogens (tertiary/aromatic N) is 1. The maximum atomic E-state index is 12.1. The molecule has 23 heavy (non-hydrogen) atoms. The Bertz CT molecular complexity index is 701. The molecule has 2 aromatic rings. The standard InChI is InChI=1S/C17H18ClN3O2/c1-21(11-12-5-7-15(18)8-6-12)17(23)20-10-13-3-2-4-14(9-13)16(19)22/h2-9H,10-11H2,1H3,(H2,19,22)(H,20,23). The van der Waals surface area contributed by atoms with Crippen molar-refractivity contribution in [2.24, 2.45) is 5.73 Å². The Morgan fingerprint density at radius 1 is 1.13 bits per heavy atom. The number of rotatable bonds is 5. The van der Waals surface area contributed by atoms with Gasteiger partial charge in [-0.25, -0.2) is 4.79 Å². The molecule has 0 spiro atoms. The third-order valence-electron chi connectivity index (χ3n) is 3.33. The van der Waals surface area contributed by atoms with Gasteiger partial charge in [0.1, 0.15) is 0 Å². The lowest BCUT2D eigenvalue weighted by atomic mass is 10.1. The molecule has 0 bridgehead atoms. The average molecular weight is 332 g/mol. The van der Waals surface area contributed by atoms with Crippen molar-refractivity contribution in [1.82, 2.24) is 10.2 Å². The van der Waals surface area contributed by atoms with Gasteiger partial charge in [-0.2, -0.15) is 0 Å². The Hall–Kier alpha value is -2.53. The van der Waals surface area contributed by atoms with E-state index in [-0.39, 0.29) is 6.03 Å². The normalized spacial score (nSPS) is 10.2. The number of nitrogens with one attached hydrogen (secondary N) is 1.